The van der Waals surface area contributed by atoms with Crippen LogP contribution in [0.25, 0.3) is 0 Å². The molecule has 94 valence electrons. The molecule has 0 heterocycles. The van der Waals surface area contributed by atoms with E-state index in [9.17, 15) is 4.79 Å². The van der Waals surface area contributed by atoms with Gasteiger partial charge in [-0.15, -0.1) is 0 Å². The van der Waals surface area contributed by atoms with E-state index >= 15 is 0 Å². The average Bonchev–Trinajstić information content (AvgIpc) is 2.30. The molecule has 0 aliphatic carbocycles. The number of hydrogen-bond acceptors (Lipinski definition) is 3. The van der Waals surface area contributed by atoms with Gasteiger partial charge in [-0.05, 0) is 32.4 Å². The summed E-state index contributed by atoms with van der Waals surface area (Å²) in [5, 5.41) is 3.11. The quantitative estimate of drug-likeness (QED) is 0.766. The van der Waals surface area contributed by atoms with E-state index in [0.717, 1.165) is 24.3 Å². The summed E-state index contributed by atoms with van der Waals surface area (Å²) in [4.78, 5) is 13.6. The van der Waals surface area contributed by atoms with Crippen LogP contribution in [0.3, 0.4) is 0 Å². The molecule has 1 aromatic carbocycles. The fourth-order valence-electron chi connectivity index (χ4n) is 1.78. The molecule has 4 nitrogen and oxygen atoms in total. The summed E-state index contributed by atoms with van der Waals surface area (Å²) < 4.78 is 0. The van der Waals surface area contributed by atoms with Gasteiger partial charge in [0.15, 0.2) is 0 Å². The predicted molar refractivity (Wildman–Crippen MR) is 72.0 cm³/mol. The molecule has 0 fully saturated rings. The van der Waals surface area contributed by atoms with Crippen molar-refractivity contribution in [3.05, 3.63) is 23.8 Å². The van der Waals surface area contributed by atoms with E-state index in [1.165, 1.54) is 0 Å². The van der Waals surface area contributed by atoms with Crippen molar-refractivity contribution in [2.45, 2.75) is 20.8 Å². The third kappa shape index (κ3) is 3.37. The van der Waals surface area contributed by atoms with Crippen LogP contribution in [-0.2, 0) is 4.79 Å². The Hall–Kier alpha value is -1.71. The Labute approximate surface area is 103 Å². The summed E-state index contributed by atoms with van der Waals surface area (Å²) in [6, 6.07) is 5.71. The highest BCUT2D eigenvalue weighted by Crippen LogP contribution is 2.21. The van der Waals surface area contributed by atoms with Gasteiger partial charge in [0.25, 0.3) is 0 Å². The Bertz CT molecular complexity index is 366. The van der Waals surface area contributed by atoms with Gasteiger partial charge >= 0.3 is 0 Å². The van der Waals surface area contributed by atoms with Gasteiger partial charge in [0.1, 0.15) is 0 Å². The maximum Gasteiger partial charge on any atom is 0.241 e. The van der Waals surface area contributed by atoms with Crippen molar-refractivity contribution in [3.8, 4) is 0 Å². The van der Waals surface area contributed by atoms with E-state index in [-0.39, 0.29) is 12.5 Å². The Kier molecular flexibility index (Phi) is 4.82. The van der Waals surface area contributed by atoms with Gasteiger partial charge < -0.3 is 16.0 Å². The molecule has 0 spiro atoms. The largest absolute Gasteiger partial charge is 0.397 e. The SMILES string of the molecule is CCN(CC)C(=O)CNc1c(C)cccc1N. The molecule has 3 N–H and O–H groups in total. The van der Waals surface area contributed by atoms with Crippen LogP contribution in [0.15, 0.2) is 18.2 Å². The predicted octanol–water partition coefficient (Wildman–Crippen LogP) is 1.86. The first-order valence-corrected chi connectivity index (χ1v) is 5.96. The van der Waals surface area contributed by atoms with Crippen LogP contribution >= 0.6 is 0 Å². The summed E-state index contributed by atoms with van der Waals surface area (Å²) in [7, 11) is 0. The van der Waals surface area contributed by atoms with E-state index in [2.05, 4.69) is 5.32 Å². The zero-order chi connectivity index (χ0) is 12.8. The molecule has 1 rings (SSSR count). The minimum absolute atomic E-state index is 0.0950. The molecule has 0 saturated heterocycles. The molecule has 0 aromatic heterocycles. The minimum atomic E-state index is 0.0950. The first kappa shape index (κ1) is 13.4. The highest BCUT2D eigenvalue weighted by molar-refractivity contribution is 5.83. The van der Waals surface area contributed by atoms with Crippen LogP contribution in [-0.4, -0.2) is 30.4 Å². The number of nitrogen functional groups attached to an aromatic ring is 1. The maximum absolute atomic E-state index is 11.8. The lowest BCUT2D eigenvalue weighted by Crippen LogP contribution is -2.35. The lowest BCUT2D eigenvalue weighted by atomic mass is 10.1. The number of aryl methyl sites for hydroxylation is 1. The van der Waals surface area contributed by atoms with E-state index in [1.54, 1.807) is 4.90 Å². The van der Waals surface area contributed by atoms with Gasteiger partial charge in [-0.1, -0.05) is 12.1 Å². The summed E-state index contributed by atoms with van der Waals surface area (Å²) in [6.07, 6.45) is 0. The molecular weight excluding hydrogens is 214 g/mol. The molecule has 0 bridgehead atoms. The molecule has 0 unspecified atom stereocenters. The van der Waals surface area contributed by atoms with Gasteiger partial charge in [0.2, 0.25) is 5.91 Å². The normalized spacial score (nSPS) is 10.1. The van der Waals surface area contributed by atoms with E-state index < -0.39 is 0 Å². The monoisotopic (exact) mass is 235 g/mol. The van der Waals surface area contributed by atoms with Crippen LogP contribution in [0.5, 0.6) is 0 Å². The van der Waals surface area contributed by atoms with Crippen LogP contribution in [0, 0.1) is 6.92 Å². The second-order valence-corrected chi connectivity index (χ2v) is 3.96. The fraction of sp³-hybridized carbons (Fsp3) is 0.462. The zero-order valence-electron chi connectivity index (χ0n) is 10.8. The molecule has 0 saturated carbocycles. The van der Waals surface area contributed by atoms with Gasteiger partial charge in [0, 0.05) is 13.1 Å². The number of carbonyl (C=O) groups is 1. The average molecular weight is 235 g/mol. The first-order valence-electron chi connectivity index (χ1n) is 5.96. The van der Waals surface area contributed by atoms with Crippen molar-refractivity contribution in [3.63, 3.8) is 0 Å². The lowest BCUT2D eigenvalue weighted by Gasteiger charge is -2.20. The Balaban J connectivity index is 2.64. The summed E-state index contributed by atoms with van der Waals surface area (Å²) in [5.74, 6) is 0.0950. The number of nitrogens with one attached hydrogen (secondary N) is 1. The van der Waals surface area contributed by atoms with Crippen LogP contribution in [0.2, 0.25) is 0 Å². The van der Waals surface area contributed by atoms with E-state index in [0.29, 0.717) is 5.69 Å². The third-order valence-corrected chi connectivity index (χ3v) is 2.84. The molecule has 0 aliphatic rings. The summed E-state index contributed by atoms with van der Waals surface area (Å²) in [6.45, 7) is 7.69. The Morgan fingerprint density at radius 1 is 1.35 bits per heavy atom. The second kappa shape index (κ2) is 6.13. The van der Waals surface area contributed by atoms with E-state index in [1.807, 2.05) is 39.0 Å². The third-order valence-electron chi connectivity index (χ3n) is 2.84. The van der Waals surface area contributed by atoms with Crippen molar-refractivity contribution in [1.82, 2.24) is 4.90 Å². The van der Waals surface area contributed by atoms with Crippen LogP contribution in [0.4, 0.5) is 11.4 Å². The first-order chi connectivity index (χ1) is 8.10. The van der Waals surface area contributed by atoms with Crippen molar-refractivity contribution in [2.24, 2.45) is 0 Å². The molecule has 0 aliphatic heterocycles. The smallest absolute Gasteiger partial charge is 0.241 e. The highest BCUT2D eigenvalue weighted by atomic mass is 16.2. The summed E-state index contributed by atoms with van der Waals surface area (Å²) in [5.41, 5.74) is 8.45. The van der Waals surface area contributed by atoms with Crippen molar-refractivity contribution < 1.29 is 4.79 Å². The molecule has 17 heavy (non-hydrogen) atoms. The fourth-order valence-corrected chi connectivity index (χ4v) is 1.78. The lowest BCUT2D eigenvalue weighted by molar-refractivity contribution is -0.128. The molecule has 1 aromatic rings. The number of benzene rings is 1. The molecule has 0 atom stereocenters. The Morgan fingerprint density at radius 2 is 2.00 bits per heavy atom. The van der Waals surface area contributed by atoms with Crippen molar-refractivity contribution in [2.75, 3.05) is 30.7 Å². The number of nitrogens with zero attached hydrogens (tertiary/aromatic N) is 1. The number of nitrogens with two attached hydrogens (primary N) is 1. The molecule has 1 amide bonds. The van der Waals surface area contributed by atoms with Crippen LogP contribution < -0.4 is 11.1 Å². The molecular formula is C13H21N3O. The molecule has 0 radical (unpaired) electrons. The number of para-hydroxylation sites is 1. The van der Waals surface area contributed by atoms with Gasteiger partial charge in [0.05, 0.1) is 17.9 Å². The van der Waals surface area contributed by atoms with Gasteiger partial charge in [-0.25, -0.2) is 0 Å². The van der Waals surface area contributed by atoms with Crippen molar-refractivity contribution in [1.29, 1.82) is 0 Å². The maximum atomic E-state index is 11.8. The summed E-state index contributed by atoms with van der Waals surface area (Å²) >= 11 is 0. The standard InChI is InChI=1S/C13H21N3O/c1-4-16(5-2)12(17)9-15-13-10(3)7-6-8-11(13)14/h6-8,15H,4-5,9,14H2,1-3H3. The number of carbonyl (C=O) groups excluding carboxylic acids is 1. The topological polar surface area (TPSA) is 58.4 Å². The van der Waals surface area contributed by atoms with Crippen LogP contribution in [0.1, 0.15) is 19.4 Å². The van der Waals surface area contributed by atoms with Gasteiger partial charge in [-0.2, -0.15) is 0 Å². The number of rotatable bonds is 5. The number of anilines is 2. The van der Waals surface area contributed by atoms with Gasteiger partial charge in [-0.3, -0.25) is 4.79 Å². The van der Waals surface area contributed by atoms with Crippen molar-refractivity contribution >= 4 is 17.3 Å². The highest BCUT2D eigenvalue weighted by Gasteiger charge is 2.10. The second-order valence-electron chi connectivity index (χ2n) is 3.96. The Morgan fingerprint density at radius 3 is 2.53 bits per heavy atom. The number of amides is 1. The minimum Gasteiger partial charge on any atom is -0.397 e. The number of likely N-dealkylation sites (N-methyl/N-ethyl adjacent to an activating group) is 1. The van der Waals surface area contributed by atoms with E-state index in [4.69, 9.17) is 5.73 Å². The number of hydrogen-bond donors (Lipinski definition) is 2. The molecule has 4 heteroatoms. The zero-order valence-corrected chi connectivity index (χ0v) is 10.8.